The largest absolute Gasteiger partial charge is 0.506 e. The molecule has 1 amide bonds. The van der Waals surface area contributed by atoms with Crippen molar-refractivity contribution >= 4 is 56.1 Å². The van der Waals surface area contributed by atoms with Crippen LogP contribution in [0.4, 0.5) is 18.9 Å². The first kappa shape index (κ1) is 31.1. The predicted octanol–water partition coefficient (Wildman–Crippen LogP) is 8.80. The first-order valence-electron chi connectivity index (χ1n) is 15.5. The van der Waals surface area contributed by atoms with Crippen molar-refractivity contribution in [1.82, 2.24) is 9.97 Å². The summed E-state index contributed by atoms with van der Waals surface area (Å²) >= 11 is 0. The van der Waals surface area contributed by atoms with Crippen LogP contribution in [0.15, 0.2) is 65.1 Å². The second kappa shape index (κ2) is 11.6. The fourth-order valence-electron chi connectivity index (χ4n) is 6.95. The van der Waals surface area contributed by atoms with Crippen LogP contribution in [0.1, 0.15) is 92.7 Å². The van der Waals surface area contributed by atoms with Crippen LogP contribution < -0.4 is 5.32 Å². The lowest BCUT2D eigenvalue weighted by molar-refractivity contribution is -0.141. The van der Waals surface area contributed by atoms with Gasteiger partial charge < -0.3 is 29.5 Å². The van der Waals surface area contributed by atoms with E-state index in [1.165, 1.54) is 6.07 Å². The number of carbonyl (C=O) groups excluding carboxylic acids is 3. The number of hydrogen-bond donors (Lipinski definition) is 4. The Balaban J connectivity index is 1.19. The average molecular weight is 658 g/mol. The van der Waals surface area contributed by atoms with Crippen LogP contribution in [0.2, 0.25) is 0 Å². The van der Waals surface area contributed by atoms with Crippen molar-refractivity contribution in [3.8, 4) is 5.75 Å². The summed E-state index contributed by atoms with van der Waals surface area (Å²) in [5, 5.41) is 15.2. The van der Waals surface area contributed by atoms with Gasteiger partial charge in [0.2, 0.25) is 0 Å². The van der Waals surface area contributed by atoms with Gasteiger partial charge in [-0.15, -0.1) is 0 Å². The van der Waals surface area contributed by atoms with Crippen molar-refractivity contribution in [3.05, 3.63) is 94.5 Å². The number of rotatable bonds is 6. The number of alkyl halides is 3. The van der Waals surface area contributed by atoms with Crippen molar-refractivity contribution < 1.29 is 41.8 Å². The normalized spacial score (nSPS) is 16.6. The molecular weight excluding hydrogens is 627 g/mol. The molecule has 4 N–H and O–H groups in total. The molecular formula is C36H30F3N3O6. The number of ether oxygens (including phenoxy) is 1. The number of aromatic amines is 2. The highest BCUT2D eigenvalue weighted by atomic mass is 19.4. The zero-order chi connectivity index (χ0) is 33.9. The maximum Gasteiger partial charge on any atom is 0.432 e. The minimum atomic E-state index is -4.91. The summed E-state index contributed by atoms with van der Waals surface area (Å²) in [5.74, 6) is -2.80. The molecule has 0 saturated heterocycles. The number of benzene rings is 3. The molecule has 0 bridgehead atoms. The van der Waals surface area contributed by atoms with Crippen molar-refractivity contribution in [2.45, 2.75) is 50.6 Å². The second-order valence-corrected chi connectivity index (χ2v) is 12.3. The van der Waals surface area contributed by atoms with Crippen LogP contribution in [0.3, 0.4) is 0 Å². The van der Waals surface area contributed by atoms with Gasteiger partial charge in [0.25, 0.3) is 5.91 Å². The van der Waals surface area contributed by atoms with E-state index in [1.54, 1.807) is 36.4 Å². The summed E-state index contributed by atoms with van der Waals surface area (Å²) in [7, 11) is 1.01. The zero-order valence-electron chi connectivity index (χ0n) is 25.9. The average Bonchev–Trinajstić information content (AvgIpc) is 3.77. The molecule has 246 valence electrons. The SMILES string of the molecule is COC(=O)c1c(C(F)(F)F)[nH]c2c(O)cc3c(c12)C(C)CCCC3CC(=O)c1cc2cc(NC(=O)c3cc4ccccc4o3)ccc2[nH]1. The summed E-state index contributed by atoms with van der Waals surface area (Å²) in [6.45, 7) is 1.86. The molecule has 0 saturated carbocycles. The van der Waals surface area contributed by atoms with E-state index in [4.69, 9.17) is 9.15 Å². The number of para-hydroxylation sites is 1. The Morgan fingerprint density at radius 2 is 1.81 bits per heavy atom. The van der Waals surface area contributed by atoms with Crippen molar-refractivity contribution in [2.24, 2.45) is 0 Å². The number of esters is 1. The second-order valence-electron chi connectivity index (χ2n) is 12.3. The molecule has 48 heavy (non-hydrogen) atoms. The molecule has 0 aliphatic heterocycles. The van der Waals surface area contributed by atoms with Crippen LogP contribution >= 0.6 is 0 Å². The van der Waals surface area contributed by atoms with Crippen molar-refractivity contribution in [3.63, 3.8) is 0 Å². The molecule has 1 aliphatic carbocycles. The highest BCUT2D eigenvalue weighted by molar-refractivity contribution is 6.10. The number of amides is 1. The topological polar surface area (TPSA) is 137 Å². The maximum atomic E-state index is 14.1. The summed E-state index contributed by atoms with van der Waals surface area (Å²) in [5.41, 5.74) is 0.959. The van der Waals surface area contributed by atoms with Crippen LogP contribution in [0.25, 0.3) is 32.8 Å². The van der Waals surface area contributed by atoms with Crippen molar-refractivity contribution in [2.75, 3.05) is 12.4 Å². The number of fused-ring (bicyclic) bond motifs is 5. The van der Waals surface area contributed by atoms with Crippen LogP contribution in [-0.4, -0.2) is 39.8 Å². The standard InChI is InChI=1S/C36H30F3N3O6/c1-17-6-5-8-18(22-16-26(44)32-30(29(17)22)31(35(46)47-2)33(42-32)36(37,38)39)14-25(43)24-13-20-12-21(10-11-23(20)41-24)40-34(45)28-15-19-7-3-4-9-27(19)48-28/h3-4,7,9-13,15-18,41-42,44H,5-6,8,14H2,1-2H3,(H,40,45). The quantitative estimate of drug-likeness (QED) is 0.0803. The Labute approximate surface area is 271 Å². The maximum absolute atomic E-state index is 14.1. The first-order valence-corrected chi connectivity index (χ1v) is 15.5. The fourth-order valence-corrected chi connectivity index (χ4v) is 6.95. The van der Waals surface area contributed by atoms with E-state index in [9.17, 15) is 32.7 Å². The van der Waals surface area contributed by atoms with Gasteiger partial charge in [0.15, 0.2) is 11.5 Å². The third-order valence-electron chi connectivity index (χ3n) is 9.18. The van der Waals surface area contributed by atoms with Crippen molar-refractivity contribution in [1.29, 1.82) is 0 Å². The third-order valence-corrected chi connectivity index (χ3v) is 9.18. The molecule has 6 aromatic rings. The Morgan fingerprint density at radius 3 is 2.56 bits per heavy atom. The summed E-state index contributed by atoms with van der Waals surface area (Å²) < 4.78 is 52.6. The van der Waals surface area contributed by atoms with Gasteiger partial charge >= 0.3 is 12.1 Å². The third kappa shape index (κ3) is 5.36. The Kier molecular flexibility index (Phi) is 7.53. The lowest BCUT2D eigenvalue weighted by Crippen LogP contribution is -2.14. The highest BCUT2D eigenvalue weighted by Crippen LogP contribution is 2.48. The molecule has 3 aromatic heterocycles. The monoisotopic (exact) mass is 657 g/mol. The van der Waals surface area contributed by atoms with Gasteiger partial charge in [0.1, 0.15) is 17.0 Å². The van der Waals surface area contributed by atoms with Gasteiger partial charge in [-0.05, 0) is 78.3 Å². The number of anilines is 1. The number of aromatic nitrogens is 2. The molecule has 0 radical (unpaired) electrons. The minimum Gasteiger partial charge on any atom is -0.506 e. The van der Waals surface area contributed by atoms with E-state index in [2.05, 4.69) is 15.3 Å². The minimum absolute atomic E-state index is 0.0112. The Hall–Kier alpha value is -5.52. The molecule has 3 aromatic carbocycles. The molecule has 2 unspecified atom stereocenters. The number of methoxy groups -OCH3 is 1. The number of phenols is 1. The van der Waals surface area contributed by atoms with E-state index in [-0.39, 0.29) is 34.8 Å². The molecule has 0 spiro atoms. The number of H-pyrrole nitrogens is 2. The van der Waals surface area contributed by atoms with Gasteiger partial charge in [0.05, 0.1) is 23.9 Å². The smallest absolute Gasteiger partial charge is 0.432 e. The molecule has 3 heterocycles. The van der Waals surface area contributed by atoms with Gasteiger partial charge in [-0.3, -0.25) is 9.59 Å². The number of halogens is 3. The number of Topliss-reactive ketones (excluding diaryl/α,β-unsaturated/α-hetero) is 1. The number of furan rings is 1. The van der Waals surface area contributed by atoms with E-state index >= 15 is 0 Å². The fraction of sp³-hybridized carbons (Fsp3) is 0.250. The van der Waals surface area contributed by atoms with Crippen LogP contribution in [0, 0.1) is 0 Å². The van der Waals surface area contributed by atoms with E-state index < -0.39 is 41.0 Å². The highest BCUT2D eigenvalue weighted by Gasteiger charge is 2.41. The summed E-state index contributed by atoms with van der Waals surface area (Å²) in [6.07, 6.45) is -3.05. The summed E-state index contributed by atoms with van der Waals surface area (Å²) in [6, 6.07) is 17.2. The van der Waals surface area contributed by atoms with Crippen LogP contribution in [-0.2, 0) is 10.9 Å². The number of carbonyl (C=O) groups is 3. The summed E-state index contributed by atoms with van der Waals surface area (Å²) in [4.78, 5) is 44.7. The van der Waals surface area contributed by atoms with Crippen LogP contribution in [0.5, 0.6) is 5.75 Å². The molecule has 9 nitrogen and oxygen atoms in total. The van der Waals surface area contributed by atoms with Gasteiger partial charge in [-0.25, -0.2) is 4.79 Å². The Morgan fingerprint density at radius 1 is 1.02 bits per heavy atom. The lowest BCUT2D eigenvalue weighted by atomic mass is 9.83. The lowest BCUT2D eigenvalue weighted by Gasteiger charge is -2.21. The zero-order valence-corrected chi connectivity index (χ0v) is 25.9. The van der Waals surface area contributed by atoms with E-state index in [0.717, 1.165) is 12.5 Å². The number of ketones is 1. The molecule has 12 heteroatoms. The number of hydrogen-bond acceptors (Lipinski definition) is 6. The molecule has 0 fully saturated rings. The van der Waals surface area contributed by atoms with E-state index in [1.807, 2.05) is 25.1 Å². The molecule has 7 rings (SSSR count). The molecule has 2 atom stereocenters. The van der Waals surface area contributed by atoms with Gasteiger partial charge in [-0.1, -0.05) is 31.5 Å². The number of phenolic OH excluding ortho intramolecular Hbond substituents is 1. The number of aromatic hydroxyl groups is 1. The van der Waals surface area contributed by atoms with Gasteiger partial charge in [-0.2, -0.15) is 13.2 Å². The predicted molar refractivity (Wildman–Crippen MR) is 173 cm³/mol. The molecule has 1 aliphatic rings. The Bertz CT molecular complexity index is 2230. The van der Waals surface area contributed by atoms with Gasteiger partial charge in [0, 0.05) is 33.8 Å². The van der Waals surface area contributed by atoms with E-state index in [0.29, 0.717) is 58.3 Å². The number of nitrogens with one attached hydrogen (secondary N) is 3. The first-order chi connectivity index (χ1) is 22.9.